The number of methoxy groups -OCH3 is 1. The molecule has 4 heteroatoms. The standard InChI is InChI=1S/C19H29FN2O/c1-14-13-15(20)3-8-19(14)22-11-9-17(10-12-22)21-16-4-6-18(23-2)7-5-16/h3,8,13,16-18,21H,4-7,9-12H2,1-2H3. The van der Waals surface area contributed by atoms with E-state index in [0.717, 1.165) is 18.7 Å². The smallest absolute Gasteiger partial charge is 0.123 e. The summed E-state index contributed by atoms with van der Waals surface area (Å²) in [6.45, 7) is 4.10. The molecule has 0 atom stereocenters. The third kappa shape index (κ3) is 4.24. The normalized spacial score (nSPS) is 26.5. The predicted molar refractivity (Wildman–Crippen MR) is 92.6 cm³/mol. The molecule has 2 fully saturated rings. The highest BCUT2D eigenvalue weighted by Crippen LogP contribution is 2.26. The number of nitrogens with zero attached hydrogens (tertiary/aromatic N) is 1. The Balaban J connectivity index is 1.47. The summed E-state index contributed by atoms with van der Waals surface area (Å²) in [4.78, 5) is 2.40. The van der Waals surface area contributed by atoms with Gasteiger partial charge in [0, 0.05) is 38.0 Å². The van der Waals surface area contributed by atoms with Gasteiger partial charge in [-0.2, -0.15) is 0 Å². The molecule has 0 unspecified atom stereocenters. The van der Waals surface area contributed by atoms with Gasteiger partial charge in [-0.1, -0.05) is 0 Å². The van der Waals surface area contributed by atoms with Crippen LogP contribution in [-0.2, 0) is 4.74 Å². The lowest BCUT2D eigenvalue weighted by Crippen LogP contribution is -2.47. The topological polar surface area (TPSA) is 24.5 Å². The van der Waals surface area contributed by atoms with Crippen LogP contribution in [0.1, 0.15) is 44.1 Å². The first-order chi connectivity index (χ1) is 11.2. The first kappa shape index (κ1) is 16.7. The van der Waals surface area contributed by atoms with Crippen LogP contribution in [-0.4, -0.2) is 38.4 Å². The second-order valence-corrected chi connectivity index (χ2v) is 7.07. The fourth-order valence-electron chi connectivity index (χ4n) is 4.06. The Morgan fingerprint density at radius 3 is 2.30 bits per heavy atom. The summed E-state index contributed by atoms with van der Waals surface area (Å²) < 4.78 is 18.7. The third-order valence-corrected chi connectivity index (χ3v) is 5.47. The van der Waals surface area contributed by atoms with Crippen LogP contribution in [0.15, 0.2) is 18.2 Å². The van der Waals surface area contributed by atoms with Crippen molar-refractivity contribution in [2.75, 3.05) is 25.1 Å². The Bertz CT molecular complexity index is 506. The molecule has 1 aromatic carbocycles. The quantitative estimate of drug-likeness (QED) is 0.916. The zero-order valence-electron chi connectivity index (χ0n) is 14.4. The lowest BCUT2D eigenvalue weighted by Gasteiger charge is -2.38. The Kier molecular flexibility index (Phi) is 5.54. The van der Waals surface area contributed by atoms with E-state index in [-0.39, 0.29) is 5.82 Å². The molecule has 1 saturated carbocycles. The second kappa shape index (κ2) is 7.63. The van der Waals surface area contributed by atoms with Crippen LogP contribution >= 0.6 is 0 Å². The number of nitrogens with one attached hydrogen (secondary N) is 1. The summed E-state index contributed by atoms with van der Waals surface area (Å²) in [6.07, 6.45) is 7.63. The maximum Gasteiger partial charge on any atom is 0.123 e. The van der Waals surface area contributed by atoms with Crippen molar-refractivity contribution in [2.24, 2.45) is 0 Å². The Morgan fingerprint density at radius 1 is 1.04 bits per heavy atom. The molecule has 3 nitrogen and oxygen atoms in total. The number of aryl methyl sites for hydroxylation is 1. The average molecular weight is 320 g/mol. The molecule has 0 spiro atoms. The summed E-state index contributed by atoms with van der Waals surface area (Å²) in [5.74, 6) is -0.144. The van der Waals surface area contributed by atoms with Gasteiger partial charge in [-0.25, -0.2) is 4.39 Å². The summed E-state index contributed by atoms with van der Waals surface area (Å²) in [5.41, 5.74) is 2.22. The van der Waals surface area contributed by atoms with E-state index >= 15 is 0 Å². The highest BCUT2D eigenvalue weighted by molar-refractivity contribution is 5.53. The van der Waals surface area contributed by atoms with Gasteiger partial charge in [0.25, 0.3) is 0 Å². The zero-order valence-corrected chi connectivity index (χ0v) is 14.4. The van der Waals surface area contributed by atoms with E-state index < -0.39 is 0 Å². The molecule has 1 saturated heterocycles. The van der Waals surface area contributed by atoms with E-state index in [1.807, 2.05) is 20.1 Å². The number of hydrogen-bond donors (Lipinski definition) is 1. The summed E-state index contributed by atoms with van der Waals surface area (Å²) >= 11 is 0. The molecular formula is C19H29FN2O. The molecule has 2 aliphatic rings. The van der Waals surface area contributed by atoms with Crippen molar-refractivity contribution in [1.29, 1.82) is 0 Å². The molecule has 128 valence electrons. The molecule has 0 bridgehead atoms. The van der Waals surface area contributed by atoms with E-state index in [4.69, 9.17) is 4.74 Å². The molecule has 1 heterocycles. The number of benzene rings is 1. The number of halogens is 1. The molecule has 23 heavy (non-hydrogen) atoms. The molecule has 0 aromatic heterocycles. The number of anilines is 1. The van der Waals surface area contributed by atoms with Gasteiger partial charge in [0.05, 0.1) is 6.10 Å². The molecule has 1 N–H and O–H groups in total. The number of piperidine rings is 1. The minimum atomic E-state index is -0.144. The molecule has 3 rings (SSSR count). The number of rotatable bonds is 4. The Labute approximate surface area is 139 Å². The van der Waals surface area contributed by atoms with Crippen LogP contribution < -0.4 is 10.2 Å². The summed E-state index contributed by atoms with van der Waals surface area (Å²) in [6, 6.07) is 6.40. The van der Waals surface area contributed by atoms with E-state index in [2.05, 4.69) is 10.2 Å². The largest absolute Gasteiger partial charge is 0.381 e. The van der Waals surface area contributed by atoms with Crippen LogP contribution in [0, 0.1) is 12.7 Å². The maximum absolute atomic E-state index is 13.3. The number of ether oxygens (including phenoxy) is 1. The van der Waals surface area contributed by atoms with Crippen LogP contribution in [0.3, 0.4) is 0 Å². The monoisotopic (exact) mass is 320 g/mol. The lowest BCUT2D eigenvalue weighted by molar-refractivity contribution is 0.0606. The van der Waals surface area contributed by atoms with E-state index in [0.29, 0.717) is 18.2 Å². The average Bonchev–Trinajstić information content (AvgIpc) is 2.57. The SMILES string of the molecule is COC1CCC(NC2CCN(c3ccc(F)cc3C)CC2)CC1. The molecule has 1 aromatic rings. The third-order valence-electron chi connectivity index (χ3n) is 5.47. The minimum absolute atomic E-state index is 0.144. The van der Waals surface area contributed by atoms with Crippen molar-refractivity contribution in [2.45, 2.75) is 63.6 Å². The van der Waals surface area contributed by atoms with E-state index in [9.17, 15) is 4.39 Å². The molecule has 1 aliphatic carbocycles. The van der Waals surface area contributed by atoms with Gasteiger partial charge in [0.1, 0.15) is 5.82 Å². The highest BCUT2D eigenvalue weighted by atomic mass is 19.1. The molecular weight excluding hydrogens is 291 g/mol. The van der Waals surface area contributed by atoms with E-state index in [1.165, 1.54) is 44.2 Å². The van der Waals surface area contributed by atoms with Gasteiger partial charge in [-0.15, -0.1) is 0 Å². The predicted octanol–water partition coefficient (Wildman–Crippen LogP) is 3.65. The first-order valence-electron chi connectivity index (χ1n) is 8.95. The minimum Gasteiger partial charge on any atom is -0.381 e. The van der Waals surface area contributed by atoms with Crippen LogP contribution in [0.5, 0.6) is 0 Å². The van der Waals surface area contributed by atoms with Gasteiger partial charge in [0.15, 0.2) is 0 Å². The fourth-order valence-corrected chi connectivity index (χ4v) is 4.06. The van der Waals surface area contributed by atoms with E-state index in [1.54, 1.807) is 12.1 Å². The van der Waals surface area contributed by atoms with Gasteiger partial charge < -0.3 is 15.0 Å². The van der Waals surface area contributed by atoms with Crippen molar-refractivity contribution in [1.82, 2.24) is 5.32 Å². The van der Waals surface area contributed by atoms with Crippen LogP contribution in [0.4, 0.5) is 10.1 Å². The van der Waals surface area contributed by atoms with Crippen molar-refractivity contribution in [3.05, 3.63) is 29.6 Å². The van der Waals surface area contributed by atoms with Crippen molar-refractivity contribution in [3.63, 3.8) is 0 Å². The second-order valence-electron chi connectivity index (χ2n) is 7.07. The Hall–Kier alpha value is -1.13. The summed E-state index contributed by atoms with van der Waals surface area (Å²) in [7, 11) is 1.82. The van der Waals surface area contributed by atoms with Gasteiger partial charge >= 0.3 is 0 Å². The van der Waals surface area contributed by atoms with Gasteiger partial charge in [-0.05, 0) is 69.2 Å². The first-order valence-corrected chi connectivity index (χ1v) is 8.95. The zero-order chi connectivity index (χ0) is 16.2. The van der Waals surface area contributed by atoms with Crippen LogP contribution in [0.2, 0.25) is 0 Å². The van der Waals surface area contributed by atoms with Crippen LogP contribution in [0.25, 0.3) is 0 Å². The maximum atomic E-state index is 13.3. The lowest BCUT2D eigenvalue weighted by atomic mass is 9.91. The molecule has 1 aliphatic heterocycles. The van der Waals surface area contributed by atoms with Crippen molar-refractivity contribution in [3.8, 4) is 0 Å². The fraction of sp³-hybridized carbons (Fsp3) is 0.684. The molecule has 0 radical (unpaired) electrons. The number of hydrogen-bond acceptors (Lipinski definition) is 3. The highest BCUT2D eigenvalue weighted by Gasteiger charge is 2.25. The van der Waals surface area contributed by atoms with Gasteiger partial charge in [-0.3, -0.25) is 0 Å². The summed E-state index contributed by atoms with van der Waals surface area (Å²) in [5, 5.41) is 3.86. The van der Waals surface area contributed by atoms with Gasteiger partial charge in [0.2, 0.25) is 0 Å². The van der Waals surface area contributed by atoms with Crippen molar-refractivity contribution < 1.29 is 9.13 Å². The Morgan fingerprint density at radius 2 is 1.70 bits per heavy atom. The molecule has 0 amide bonds. The van der Waals surface area contributed by atoms with Crippen molar-refractivity contribution >= 4 is 5.69 Å².